The van der Waals surface area contributed by atoms with Crippen LogP contribution in [0, 0.1) is 13.8 Å². The minimum atomic E-state index is -3.62. The molecular weight excluding hydrogens is 332 g/mol. The summed E-state index contributed by atoms with van der Waals surface area (Å²) in [6, 6.07) is 0. The van der Waals surface area contributed by atoms with Gasteiger partial charge in [-0.1, -0.05) is 0 Å². The molecule has 1 aromatic rings. The van der Waals surface area contributed by atoms with Crippen molar-refractivity contribution in [3.05, 3.63) is 11.4 Å². The van der Waals surface area contributed by atoms with Crippen LogP contribution < -0.4 is 0 Å². The molecule has 0 aromatic carbocycles. The van der Waals surface area contributed by atoms with Crippen molar-refractivity contribution in [2.75, 3.05) is 26.2 Å². The van der Waals surface area contributed by atoms with Crippen LogP contribution in [-0.2, 0) is 21.8 Å². The number of rotatable bonds is 2. The molecule has 0 saturated carbocycles. The maximum absolute atomic E-state index is 12.9. The minimum absolute atomic E-state index is 0.245. The largest absolute Gasteiger partial charge is 0.444 e. The van der Waals surface area contributed by atoms with Crippen molar-refractivity contribution in [1.82, 2.24) is 19.0 Å². The maximum atomic E-state index is 12.9. The summed E-state index contributed by atoms with van der Waals surface area (Å²) in [7, 11) is -1.89. The van der Waals surface area contributed by atoms with Gasteiger partial charge < -0.3 is 9.64 Å². The lowest BCUT2D eigenvalue weighted by molar-refractivity contribution is 0.0192. The molecule has 24 heavy (non-hydrogen) atoms. The average molecular weight is 358 g/mol. The van der Waals surface area contributed by atoms with Crippen molar-refractivity contribution in [2.24, 2.45) is 7.05 Å². The van der Waals surface area contributed by atoms with Crippen LogP contribution >= 0.6 is 0 Å². The van der Waals surface area contributed by atoms with Gasteiger partial charge in [-0.3, -0.25) is 4.68 Å². The Morgan fingerprint density at radius 3 is 2.08 bits per heavy atom. The van der Waals surface area contributed by atoms with Gasteiger partial charge in [0.1, 0.15) is 10.5 Å². The lowest BCUT2D eigenvalue weighted by Gasteiger charge is -2.35. The van der Waals surface area contributed by atoms with Crippen molar-refractivity contribution in [3.63, 3.8) is 0 Å². The Kier molecular flexibility index (Phi) is 4.96. The van der Waals surface area contributed by atoms with E-state index in [1.54, 1.807) is 51.2 Å². The Balaban J connectivity index is 2.10. The van der Waals surface area contributed by atoms with E-state index in [9.17, 15) is 13.2 Å². The summed E-state index contributed by atoms with van der Waals surface area (Å²) in [6.07, 6.45) is -0.409. The van der Waals surface area contributed by atoms with Gasteiger partial charge >= 0.3 is 6.09 Å². The third-order valence-corrected chi connectivity index (χ3v) is 6.08. The highest BCUT2D eigenvalue weighted by Gasteiger charge is 2.34. The second-order valence-electron chi connectivity index (χ2n) is 7.00. The van der Waals surface area contributed by atoms with Gasteiger partial charge in [0.2, 0.25) is 10.0 Å². The Hall–Kier alpha value is -1.61. The van der Waals surface area contributed by atoms with Gasteiger partial charge in [-0.15, -0.1) is 0 Å². The van der Waals surface area contributed by atoms with E-state index in [0.29, 0.717) is 24.5 Å². The van der Waals surface area contributed by atoms with Crippen LogP contribution in [-0.4, -0.2) is 65.3 Å². The van der Waals surface area contributed by atoms with Crippen molar-refractivity contribution in [2.45, 2.75) is 45.1 Å². The van der Waals surface area contributed by atoms with Gasteiger partial charge in [0.05, 0.1) is 11.4 Å². The fourth-order valence-corrected chi connectivity index (χ4v) is 4.52. The molecule has 1 amide bonds. The minimum Gasteiger partial charge on any atom is -0.444 e. The van der Waals surface area contributed by atoms with Crippen LogP contribution in [0.15, 0.2) is 4.90 Å². The third kappa shape index (κ3) is 3.72. The Labute approximate surface area is 143 Å². The van der Waals surface area contributed by atoms with Crippen molar-refractivity contribution >= 4 is 16.1 Å². The lowest BCUT2D eigenvalue weighted by atomic mass is 10.2. The first-order valence-electron chi connectivity index (χ1n) is 7.92. The van der Waals surface area contributed by atoms with E-state index < -0.39 is 21.7 Å². The first-order chi connectivity index (χ1) is 10.9. The van der Waals surface area contributed by atoms with E-state index in [4.69, 9.17) is 4.74 Å². The van der Waals surface area contributed by atoms with Crippen LogP contribution in [0.5, 0.6) is 0 Å². The number of carbonyl (C=O) groups is 1. The maximum Gasteiger partial charge on any atom is 0.410 e. The zero-order valence-electron chi connectivity index (χ0n) is 15.2. The van der Waals surface area contributed by atoms with Gasteiger partial charge in [-0.2, -0.15) is 9.40 Å². The van der Waals surface area contributed by atoms with Gasteiger partial charge in [-0.05, 0) is 34.6 Å². The summed E-state index contributed by atoms with van der Waals surface area (Å²) in [6.45, 7) is 9.96. The zero-order valence-corrected chi connectivity index (χ0v) is 16.0. The number of amides is 1. The van der Waals surface area contributed by atoms with Crippen LogP contribution in [0.1, 0.15) is 32.2 Å². The summed E-state index contributed by atoms with van der Waals surface area (Å²) >= 11 is 0. The summed E-state index contributed by atoms with van der Waals surface area (Å²) in [5, 5.41) is 4.18. The number of hydrogen-bond donors (Lipinski definition) is 0. The highest BCUT2D eigenvalue weighted by molar-refractivity contribution is 7.89. The standard InChI is InChI=1S/C15H26N4O4S/c1-11-13(12(2)17(6)16-11)24(21,22)19-9-7-18(8-10-19)14(20)23-15(3,4)5/h7-10H2,1-6H3. The van der Waals surface area contributed by atoms with E-state index in [-0.39, 0.29) is 18.0 Å². The molecule has 1 fully saturated rings. The SMILES string of the molecule is Cc1nn(C)c(C)c1S(=O)(=O)N1CCN(C(=O)OC(C)(C)C)CC1. The van der Waals surface area contributed by atoms with Crippen LogP contribution in [0.25, 0.3) is 0 Å². The number of sulfonamides is 1. The second kappa shape index (κ2) is 6.36. The van der Waals surface area contributed by atoms with Crippen LogP contribution in [0.2, 0.25) is 0 Å². The molecule has 2 rings (SSSR count). The molecule has 0 radical (unpaired) electrons. The predicted octanol–water partition coefficient (Wildman–Crippen LogP) is 1.28. The first-order valence-corrected chi connectivity index (χ1v) is 9.36. The molecule has 1 aliphatic rings. The Bertz CT molecular complexity index is 725. The number of carbonyl (C=O) groups excluding carboxylic acids is 1. The molecule has 8 nitrogen and oxygen atoms in total. The Morgan fingerprint density at radius 1 is 1.12 bits per heavy atom. The summed E-state index contributed by atoms with van der Waals surface area (Å²) in [4.78, 5) is 13.9. The molecule has 2 heterocycles. The molecule has 1 aromatic heterocycles. The van der Waals surface area contributed by atoms with Gasteiger partial charge in [-0.25, -0.2) is 13.2 Å². The number of piperazine rings is 1. The van der Waals surface area contributed by atoms with Crippen molar-refractivity contribution in [3.8, 4) is 0 Å². The first kappa shape index (κ1) is 18.7. The van der Waals surface area contributed by atoms with Crippen molar-refractivity contribution in [1.29, 1.82) is 0 Å². The van der Waals surface area contributed by atoms with Gasteiger partial charge in [0.15, 0.2) is 0 Å². The van der Waals surface area contributed by atoms with E-state index >= 15 is 0 Å². The molecule has 9 heteroatoms. The second-order valence-corrected chi connectivity index (χ2v) is 8.87. The third-order valence-electron chi connectivity index (χ3n) is 3.93. The number of ether oxygens (including phenoxy) is 1. The molecule has 0 spiro atoms. The number of aromatic nitrogens is 2. The molecule has 0 N–H and O–H groups in total. The monoisotopic (exact) mass is 358 g/mol. The topological polar surface area (TPSA) is 84.7 Å². The predicted molar refractivity (Wildman–Crippen MR) is 89.2 cm³/mol. The number of aryl methyl sites for hydroxylation is 2. The molecular formula is C15H26N4O4S. The quantitative estimate of drug-likeness (QED) is 0.795. The molecule has 0 atom stereocenters. The van der Waals surface area contributed by atoms with Crippen LogP contribution in [0.4, 0.5) is 4.79 Å². The molecule has 136 valence electrons. The summed E-state index contributed by atoms with van der Waals surface area (Å²) < 4.78 is 34.1. The molecule has 0 aliphatic carbocycles. The lowest BCUT2D eigenvalue weighted by Crippen LogP contribution is -2.51. The Morgan fingerprint density at radius 2 is 1.67 bits per heavy atom. The highest BCUT2D eigenvalue weighted by atomic mass is 32.2. The number of hydrogen-bond acceptors (Lipinski definition) is 5. The fourth-order valence-electron chi connectivity index (χ4n) is 2.69. The molecule has 1 aliphatic heterocycles. The van der Waals surface area contributed by atoms with Gasteiger partial charge in [0.25, 0.3) is 0 Å². The molecule has 0 unspecified atom stereocenters. The fraction of sp³-hybridized carbons (Fsp3) is 0.733. The van der Waals surface area contributed by atoms with Crippen molar-refractivity contribution < 1.29 is 17.9 Å². The summed E-state index contributed by atoms with van der Waals surface area (Å²) in [5.41, 5.74) is 0.538. The average Bonchev–Trinajstić information content (AvgIpc) is 2.70. The van der Waals surface area contributed by atoms with E-state index in [1.165, 1.54) is 4.31 Å². The van der Waals surface area contributed by atoms with E-state index in [1.807, 2.05) is 0 Å². The smallest absolute Gasteiger partial charge is 0.410 e. The van der Waals surface area contributed by atoms with Gasteiger partial charge in [0, 0.05) is 33.2 Å². The van der Waals surface area contributed by atoms with Crippen LogP contribution in [0.3, 0.4) is 0 Å². The molecule has 1 saturated heterocycles. The highest BCUT2D eigenvalue weighted by Crippen LogP contribution is 2.24. The van der Waals surface area contributed by atoms with E-state index in [0.717, 1.165) is 0 Å². The molecule has 0 bridgehead atoms. The number of nitrogens with zero attached hydrogens (tertiary/aromatic N) is 4. The normalized spacial score (nSPS) is 17.2. The zero-order chi connectivity index (χ0) is 18.3. The van der Waals surface area contributed by atoms with E-state index in [2.05, 4.69) is 5.10 Å². The summed E-state index contributed by atoms with van der Waals surface area (Å²) in [5.74, 6) is 0.